The Balaban J connectivity index is 1.55. The number of pyridine rings is 1. The normalized spacial score (nSPS) is 11.0. The van der Waals surface area contributed by atoms with Gasteiger partial charge in [0.25, 0.3) is 5.91 Å². The molecule has 0 radical (unpaired) electrons. The molecule has 7 nitrogen and oxygen atoms in total. The number of aromatic nitrogens is 3. The zero-order valence-electron chi connectivity index (χ0n) is 14.1. The number of carbonyl (C=O) groups excluding carboxylic acids is 2. The lowest BCUT2D eigenvalue weighted by Gasteiger charge is -2.08. The van der Waals surface area contributed by atoms with Crippen LogP contribution in [0.5, 0.6) is 0 Å². The highest BCUT2D eigenvalue weighted by molar-refractivity contribution is 7.99. The molecule has 0 saturated carbocycles. The number of nitrogens with one attached hydrogen (secondary N) is 1. The number of benzene rings is 2. The van der Waals surface area contributed by atoms with Crippen molar-refractivity contribution in [2.75, 3.05) is 11.1 Å². The van der Waals surface area contributed by atoms with Crippen LogP contribution in [0.25, 0.3) is 16.6 Å². The quantitative estimate of drug-likeness (QED) is 0.521. The molecule has 2 heterocycles. The zero-order valence-corrected chi connectivity index (χ0v) is 14.9. The van der Waals surface area contributed by atoms with Crippen molar-refractivity contribution in [3.63, 3.8) is 0 Å². The molecular weight excluding hydrogens is 362 g/mol. The van der Waals surface area contributed by atoms with E-state index in [-0.39, 0.29) is 17.2 Å². The second-order valence-electron chi connectivity index (χ2n) is 5.82. The molecule has 0 bridgehead atoms. The topological polar surface area (TPSA) is 102 Å². The lowest BCUT2D eigenvalue weighted by molar-refractivity contribution is -0.113. The van der Waals surface area contributed by atoms with Crippen molar-refractivity contribution < 1.29 is 9.59 Å². The Morgan fingerprint density at radius 2 is 1.78 bits per heavy atom. The van der Waals surface area contributed by atoms with Gasteiger partial charge < -0.3 is 11.1 Å². The van der Waals surface area contributed by atoms with Crippen LogP contribution in [0.1, 0.15) is 10.4 Å². The predicted octanol–water partition coefficient (Wildman–Crippen LogP) is 2.71. The van der Waals surface area contributed by atoms with Crippen LogP contribution in [0, 0.1) is 0 Å². The number of rotatable bonds is 5. The Morgan fingerprint density at radius 3 is 2.63 bits per heavy atom. The Hall–Kier alpha value is -3.39. The van der Waals surface area contributed by atoms with Crippen LogP contribution < -0.4 is 11.1 Å². The summed E-state index contributed by atoms with van der Waals surface area (Å²) in [6.45, 7) is 0. The van der Waals surface area contributed by atoms with Gasteiger partial charge in [0.15, 0.2) is 10.8 Å². The third kappa shape index (κ3) is 3.34. The maximum absolute atomic E-state index is 12.3. The minimum absolute atomic E-state index is 0.122. The van der Waals surface area contributed by atoms with Crippen LogP contribution in [-0.4, -0.2) is 32.2 Å². The van der Waals surface area contributed by atoms with Crippen LogP contribution in [0.15, 0.2) is 65.8 Å². The summed E-state index contributed by atoms with van der Waals surface area (Å²) in [5.74, 6) is -0.726. The number of amides is 2. The summed E-state index contributed by atoms with van der Waals surface area (Å²) in [5.41, 5.74) is 7.70. The number of para-hydroxylation sites is 2. The van der Waals surface area contributed by atoms with Gasteiger partial charge in [0, 0.05) is 0 Å². The SMILES string of the molecule is NC(=O)c1ccccc1NC(=O)CSc1nnc2ccc3ccccc3n12. The molecule has 2 amide bonds. The minimum Gasteiger partial charge on any atom is -0.366 e. The molecule has 4 rings (SSSR count). The van der Waals surface area contributed by atoms with Crippen LogP contribution >= 0.6 is 11.8 Å². The van der Waals surface area contributed by atoms with Gasteiger partial charge in [0.05, 0.1) is 22.5 Å². The number of thioether (sulfide) groups is 1. The van der Waals surface area contributed by atoms with Crippen LogP contribution in [0.2, 0.25) is 0 Å². The number of fused-ring (bicyclic) bond motifs is 3. The van der Waals surface area contributed by atoms with Gasteiger partial charge in [-0.2, -0.15) is 0 Å². The summed E-state index contributed by atoms with van der Waals surface area (Å²) in [5, 5.41) is 12.8. The maximum Gasteiger partial charge on any atom is 0.250 e. The fourth-order valence-corrected chi connectivity index (χ4v) is 3.58. The summed E-state index contributed by atoms with van der Waals surface area (Å²) >= 11 is 1.27. The highest BCUT2D eigenvalue weighted by Crippen LogP contribution is 2.23. The molecule has 3 N–H and O–H groups in total. The second-order valence-corrected chi connectivity index (χ2v) is 6.76. The monoisotopic (exact) mass is 377 g/mol. The van der Waals surface area contributed by atoms with Crippen LogP contribution in [0.4, 0.5) is 5.69 Å². The van der Waals surface area contributed by atoms with Gasteiger partial charge in [-0.3, -0.25) is 14.0 Å². The molecule has 27 heavy (non-hydrogen) atoms. The molecule has 0 saturated heterocycles. The van der Waals surface area contributed by atoms with Gasteiger partial charge in [-0.25, -0.2) is 0 Å². The van der Waals surface area contributed by atoms with E-state index in [0.29, 0.717) is 10.8 Å². The molecule has 2 aromatic carbocycles. The van der Waals surface area contributed by atoms with Crippen molar-refractivity contribution in [2.24, 2.45) is 5.73 Å². The van der Waals surface area contributed by atoms with Crippen LogP contribution in [-0.2, 0) is 4.79 Å². The average molecular weight is 377 g/mol. The molecule has 2 aromatic heterocycles. The number of primary amides is 1. The molecule has 0 spiro atoms. The molecule has 0 aliphatic heterocycles. The Labute approximate surface area is 158 Å². The smallest absolute Gasteiger partial charge is 0.250 e. The molecule has 0 aliphatic rings. The van der Waals surface area contributed by atoms with E-state index >= 15 is 0 Å². The van der Waals surface area contributed by atoms with E-state index < -0.39 is 5.91 Å². The summed E-state index contributed by atoms with van der Waals surface area (Å²) in [6.07, 6.45) is 0. The summed E-state index contributed by atoms with van der Waals surface area (Å²) < 4.78 is 1.92. The molecule has 0 fully saturated rings. The van der Waals surface area contributed by atoms with E-state index in [1.54, 1.807) is 24.3 Å². The first-order valence-electron chi connectivity index (χ1n) is 8.18. The summed E-state index contributed by atoms with van der Waals surface area (Å²) in [4.78, 5) is 23.8. The molecule has 0 aliphatic carbocycles. The molecule has 8 heteroatoms. The fraction of sp³-hybridized carbons (Fsp3) is 0.0526. The van der Waals surface area contributed by atoms with Crippen molar-refractivity contribution in [1.82, 2.24) is 14.6 Å². The Morgan fingerprint density at radius 1 is 1.00 bits per heavy atom. The molecule has 4 aromatic rings. The van der Waals surface area contributed by atoms with E-state index in [9.17, 15) is 9.59 Å². The predicted molar refractivity (Wildman–Crippen MR) is 105 cm³/mol. The van der Waals surface area contributed by atoms with Crippen molar-refractivity contribution >= 4 is 45.8 Å². The minimum atomic E-state index is -0.589. The second kappa shape index (κ2) is 7.08. The summed E-state index contributed by atoms with van der Waals surface area (Å²) in [7, 11) is 0. The molecule has 0 atom stereocenters. The number of nitrogens with two attached hydrogens (primary N) is 1. The van der Waals surface area contributed by atoms with Gasteiger partial charge in [-0.15, -0.1) is 10.2 Å². The lowest BCUT2D eigenvalue weighted by Crippen LogP contribution is -2.19. The van der Waals surface area contributed by atoms with Gasteiger partial charge >= 0.3 is 0 Å². The number of hydrogen-bond acceptors (Lipinski definition) is 5. The number of carbonyl (C=O) groups is 2. The first-order chi connectivity index (χ1) is 13.1. The van der Waals surface area contributed by atoms with E-state index in [2.05, 4.69) is 15.5 Å². The fourth-order valence-electron chi connectivity index (χ4n) is 2.83. The maximum atomic E-state index is 12.3. The van der Waals surface area contributed by atoms with Crippen molar-refractivity contribution in [3.05, 3.63) is 66.2 Å². The Bertz CT molecular complexity index is 1170. The number of hydrogen-bond donors (Lipinski definition) is 2. The average Bonchev–Trinajstić information content (AvgIpc) is 3.10. The summed E-state index contributed by atoms with van der Waals surface area (Å²) in [6, 6.07) is 18.4. The standard InChI is InChI=1S/C19H15N5O2S/c20-18(26)13-6-2-3-7-14(13)21-17(25)11-27-19-23-22-16-10-9-12-5-1-4-8-15(12)24(16)19/h1-10H,11H2,(H2,20,26)(H,21,25). The van der Waals surface area contributed by atoms with Gasteiger partial charge in [-0.1, -0.05) is 42.1 Å². The van der Waals surface area contributed by atoms with Crippen molar-refractivity contribution in [3.8, 4) is 0 Å². The zero-order chi connectivity index (χ0) is 18.8. The lowest BCUT2D eigenvalue weighted by atomic mass is 10.1. The molecule has 0 unspecified atom stereocenters. The van der Waals surface area contributed by atoms with E-state index in [0.717, 1.165) is 16.6 Å². The van der Waals surface area contributed by atoms with E-state index in [4.69, 9.17) is 5.73 Å². The van der Waals surface area contributed by atoms with Gasteiger partial charge in [0.1, 0.15) is 0 Å². The highest BCUT2D eigenvalue weighted by atomic mass is 32.2. The van der Waals surface area contributed by atoms with Crippen LogP contribution in [0.3, 0.4) is 0 Å². The van der Waals surface area contributed by atoms with Gasteiger partial charge in [0.2, 0.25) is 5.91 Å². The largest absolute Gasteiger partial charge is 0.366 e. The van der Waals surface area contributed by atoms with Crippen molar-refractivity contribution in [1.29, 1.82) is 0 Å². The number of nitrogens with zero attached hydrogens (tertiary/aromatic N) is 3. The van der Waals surface area contributed by atoms with Gasteiger partial charge in [-0.05, 0) is 35.7 Å². The molecular formula is C19H15N5O2S. The van der Waals surface area contributed by atoms with Crippen molar-refractivity contribution in [2.45, 2.75) is 5.16 Å². The third-order valence-corrected chi connectivity index (χ3v) is 4.98. The number of anilines is 1. The Kier molecular flexibility index (Phi) is 4.47. The molecule has 134 valence electrons. The first kappa shape index (κ1) is 17.0. The first-order valence-corrected chi connectivity index (χ1v) is 9.16. The van der Waals surface area contributed by atoms with E-state index in [1.807, 2.05) is 40.8 Å². The van der Waals surface area contributed by atoms with E-state index in [1.165, 1.54) is 11.8 Å². The third-order valence-electron chi connectivity index (χ3n) is 4.05. The highest BCUT2D eigenvalue weighted by Gasteiger charge is 2.14.